The van der Waals surface area contributed by atoms with Crippen LogP contribution in [0.5, 0.6) is 0 Å². The Hall–Kier alpha value is 0.820. The molecular weight excluding hydrogens is 231 g/mol. The molecule has 1 aliphatic rings. The molecule has 0 aromatic heterocycles. The number of rotatable bonds is 1. The number of hydrogen-bond donors (Lipinski definition) is 1. The maximum Gasteiger partial charge on any atom is 1.00 e. The van der Waals surface area contributed by atoms with Crippen LogP contribution in [0.3, 0.4) is 0 Å². The van der Waals surface area contributed by atoms with Crippen LogP contribution in [-0.2, 0) is 20.0 Å². The van der Waals surface area contributed by atoms with E-state index < -0.39 is 42.8 Å². The molecule has 1 N–H and O–H groups in total. The van der Waals surface area contributed by atoms with Crippen molar-refractivity contribution < 1.29 is 56.1 Å². The third kappa shape index (κ3) is 3.46. The van der Waals surface area contributed by atoms with E-state index in [0.29, 0.717) is 0 Å². The monoisotopic (exact) mass is 238 g/mol. The van der Waals surface area contributed by atoms with Crippen LogP contribution in [-0.4, -0.2) is 49.4 Å². The first-order valence-electron chi connectivity index (χ1n) is 3.05. The molecule has 1 rings (SSSR count). The van der Waals surface area contributed by atoms with Crippen molar-refractivity contribution in [1.29, 1.82) is 0 Å². The average molecular weight is 238 g/mol. The van der Waals surface area contributed by atoms with Gasteiger partial charge in [0.15, 0.2) is 9.84 Å². The molecule has 13 heavy (non-hydrogen) atoms. The number of hydrogen-bond acceptors (Lipinski definition) is 6. The van der Waals surface area contributed by atoms with Gasteiger partial charge in [-0.15, -0.1) is 0 Å². The van der Waals surface area contributed by atoms with E-state index in [9.17, 15) is 21.4 Å². The summed E-state index contributed by atoms with van der Waals surface area (Å²) in [6.07, 6.45) is -1.57. The summed E-state index contributed by atoms with van der Waals surface area (Å²) in [5.41, 5.74) is 0. The molecule has 9 heteroatoms. The third-order valence-corrected chi connectivity index (χ3v) is 4.79. The van der Waals surface area contributed by atoms with Crippen molar-refractivity contribution in [3.05, 3.63) is 0 Å². The van der Waals surface area contributed by atoms with Crippen LogP contribution in [0.25, 0.3) is 0 Å². The molecule has 0 saturated carbocycles. The number of sulfone groups is 1. The van der Waals surface area contributed by atoms with E-state index in [2.05, 4.69) is 0 Å². The maximum absolute atomic E-state index is 10.7. The summed E-state index contributed by atoms with van der Waals surface area (Å²) >= 11 is 0. The Morgan fingerprint density at radius 3 is 1.92 bits per heavy atom. The molecule has 1 fully saturated rings. The zero-order chi connectivity index (χ0) is 9.57. The van der Waals surface area contributed by atoms with Crippen molar-refractivity contribution in [3.8, 4) is 0 Å². The van der Waals surface area contributed by atoms with Crippen LogP contribution in [0.15, 0.2) is 0 Å². The summed E-state index contributed by atoms with van der Waals surface area (Å²) in [4.78, 5) is 0. The standard InChI is InChI=1S/C4H8O6S2.Na/c5-3-1-11(6,7)2-4(3)12(8,9)10;/h3-5H,1-2H2,(H,8,9,10);/q;+1/p-1. The maximum atomic E-state index is 10.7. The molecule has 1 heterocycles. The molecule has 6 nitrogen and oxygen atoms in total. The second kappa shape index (κ2) is 4.13. The van der Waals surface area contributed by atoms with Crippen molar-refractivity contribution in [1.82, 2.24) is 0 Å². The first kappa shape index (κ1) is 13.8. The summed E-state index contributed by atoms with van der Waals surface area (Å²) in [5.74, 6) is -1.40. The summed E-state index contributed by atoms with van der Waals surface area (Å²) in [6, 6.07) is 0. The molecule has 72 valence electrons. The fourth-order valence-corrected chi connectivity index (χ4v) is 4.58. The van der Waals surface area contributed by atoms with Gasteiger partial charge in [-0.3, -0.25) is 0 Å². The van der Waals surface area contributed by atoms with Crippen LogP contribution in [0.1, 0.15) is 0 Å². The van der Waals surface area contributed by atoms with Gasteiger partial charge in [-0.25, -0.2) is 16.8 Å². The van der Waals surface area contributed by atoms with Gasteiger partial charge in [-0.05, 0) is 0 Å². The molecular formula is C4H7NaO6S2. The largest absolute Gasteiger partial charge is 1.00 e. The molecule has 2 atom stereocenters. The third-order valence-electron chi connectivity index (χ3n) is 1.64. The molecule has 1 aliphatic heterocycles. The van der Waals surface area contributed by atoms with Gasteiger partial charge in [0.25, 0.3) is 0 Å². The molecule has 0 radical (unpaired) electrons. The second-order valence-corrected chi connectivity index (χ2v) is 6.42. The minimum atomic E-state index is -4.70. The first-order valence-corrected chi connectivity index (χ1v) is 6.35. The minimum Gasteiger partial charge on any atom is -0.748 e. The number of aliphatic hydroxyl groups excluding tert-OH is 1. The Morgan fingerprint density at radius 1 is 1.31 bits per heavy atom. The van der Waals surface area contributed by atoms with E-state index in [4.69, 9.17) is 5.11 Å². The Labute approximate surface area is 98.3 Å². The predicted octanol–water partition coefficient (Wildman–Crippen LogP) is -5.31. The molecule has 0 aromatic rings. The zero-order valence-corrected chi connectivity index (χ0v) is 10.5. The fourth-order valence-electron chi connectivity index (χ4n) is 1.07. The van der Waals surface area contributed by atoms with Crippen molar-refractivity contribution in [2.75, 3.05) is 11.5 Å². The van der Waals surface area contributed by atoms with Gasteiger partial charge in [0.05, 0.1) is 22.9 Å². The van der Waals surface area contributed by atoms with E-state index in [-0.39, 0.29) is 29.6 Å². The van der Waals surface area contributed by atoms with E-state index in [1.165, 1.54) is 0 Å². The second-order valence-electron chi connectivity index (χ2n) is 2.68. The molecule has 0 amide bonds. The van der Waals surface area contributed by atoms with E-state index >= 15 is 0 Å². The van der Waals surface area contributed by atoms with E-state index in [0.717, 1.165) is 0 Å². The molecule has 2 unspecified atom stereocenters. The van der Waals surface area contributed by atoms with Crippen LogP contribution < -0.4 is 29.6 Å². The summed E-state index contributed by atoms with van der Waals surface area (Å²) < 4.78 is 52.5. The number of aliphatic hydroxyl groups is 1. The van der Waals surface area contributed by atoms with Crippen LogP contribution in [0.2, 0.25) is 0 Å². The van der Waals surface area contributed by atoms with Crippen molar-refractivity contribution in [3.63, 3.8) is 0 Å². The van der Waals surface area contributed by atoms with Gasteiger partial charge in [0.1, 0.15) is 10.1 Å². The smallest absolute Gasteiger partial charge is 0.748 e. The van der Waals surface area contributed by atoms with Gasteiger partial charge < -0.3 is 9.66 Å². The van der Waals surface area contributed by atoms with Crippen molar-refractivity contribution >= 4 is 20.0 Å². The molecule has 1 saturated heterocycles. The van der Waals surface area contributed by atoms with Crippen molar-refractivity contribution in [2.45, 2.75) is 11.4 Å². The summed E-state index contributed by atoms with van der Waals surface area (Å²) in [5, 5.41) is 7.21. The molecule has 0 aromatic carbocycles. The van der Waals surface area contributed by atoms with Gasteiger partial charge in [-0.1, -0.05) is 0 Å². The minimum absolute atomic E-state index is 0. The van der Waals surface area contributed by atoms with Gasteiger partial charge in [0.2, 0.25) is 0 Å². The van der Waals surface area contributed by atoms with Crippen LogP contribution in [0.4, 0.5) is 0 Å². The Morgan fingerprint density at radius 2 is 1.77 bits per heavy atom. The van der Waals surface area contributed by atoms with Gasteiger partial charge in [0, 0.05) is 0 Å². The zero-order valence-electron chi connectivity index (χ0n) is 6.87. The van der Waals surface area contributed by atoms with Crippen LogP contribution in [0, 0.1) is 0 Å². The Balaban J connectivity index is 0.00000144. The normalized spacial score (nSPS) is 32.5. The SMILES string of the molecule is O=S1(=O)CC(O)C(S(=O)(=O)[O-])C1.[Na+]. The Kier molecular flexibility index (Phi) is 4.39. The molecule has 0 aliphatic carbocycles. The fraction of sp³-hybridized carbons (Fsp3) is 1.00. The van der Waals surface area contributed by atoms with Crippen LogP contribution >= 0.6 is 0 Å². The van der Waals surface area contributed by atoms with Crippen molar-refractivity contribution in [2.24, 2.45) is 0 Å². The summed E-state index contributed by atoms with van der Waals surface area (Å²) in [6.45, 7) is 0. The van der Waals surface area contributed by atoms with Gasteiger partial charge in [-0.2, -0.15) is 0 Å². The molecule has 0 bridgehead atoms. The average Bonchev–Trinajstić information content (AvgIpc) is 2.03. The van der Waals surface area contributed by atoms with E-state index in [1.54, 1.807) is 0 Å². The molecule has 0 spiro atoms. The van der Waals surface area contributed by atoms with E-state index in [1.807, 2.05) is 0 Å². The topological polar surface area (TPSA) is 112 Å². The summed E-state index contributed by atoms with van der Waals surface area (Å²) in [7, 11) is -8.26. The quantitative estimate of drug-likeness (QED) is 0.361. The first-order chi connectivity index (χ1) is 5.22. The Bertz CT molecular complexity index is 369. The van der Waals surface area contributed by atoms with Gasteiger partial charge >= 0.3 is 29.6 Å². The predicted molar refractivity (Wildman–Crippen MR) is 38.1 cm³/mol.